The molecule has 1 fully saturated rings. The Bertz CT molecular complexity index is 1380. The molecule has 35 heavy (non-hydrogen) atoms. The van der Waals surface area contributed by atoms with Crippen molar-refractivity contribution in [2.45, 2.75) is 6.61 Å². The number of carbonyl (C=O) groups is 2. The summed E-state index contributed by atoms with van der Waals surface area (Å²) in [4.78, 5) is 27.0. The molecule has 3 aromatic carbocycles. The van der Waals surface area contributed by atoms with Gasteiger partial charge in [0.15, 0.2) is 16.6 Å². The lowest BCUT2D eigenvalue weighted by atomic mass is 10.1. The van der Waals surface area contributed by atoms with Crippen LogP contribution in [0.25, 0.3) is 6.08 Å². The molecule has 0 aromatic heterocycles. The van der Waals surface area contributed by atoms with E-state index < -0.39 is 11.8 Å². The number of hydrogen-bond acceptors (Lipinski definition) is 5. The van der Waals surface area contributed by atoms with Gasteiger partial charge in [0.05, 0.1) is 12.8 Å². The van der Waals surface area contributed by atoms with Crippen LogP contribution in [0.3, 0.4) is 0 Å². The van der Waals surface area contributed by atoms with Crippen LogP contribution in [0, 0.1) is 0 Å². The number of benzene rings is 3. The number of ether oxygens (including phenoxy) is 2. The van der Waals surface area contributed by atoms with Gasteiger partial charge in [-0.1, -0.05) is 61.7 Å². The second kappa shape index (κ2) is 10.9. The first kappa shape index (κ1) is 25.4. The number of nitrogens with one attached hydrogen (secondary N) is 1. The SMILES string of the molecule is COc1cc(/C=C2\C(=O)NC(=S)N(c3cccc(Cl)c3)C2=O)ccc1OCc1ccc(Br)cc1Br. The molecule has 0 atom stereocenters. The van der Waals surface area contributed by atoms with Crippen LogP contribution in [0.4, 0.5) is 5.69 Å². The fourth-order valence-corrected chi connectivity index (χ4v) is 4.99. The van der Waals surface area contributed by atoms with Gasteiger partial charge in [-0.15, -0.1) is 0 Å². The lowest BCUT2D eigenvalue weighted by Gasteiger charge is -2.29. The summed E-state index contributed by atoms with van der Waals surface area (Å²) in [5.41, 5.74) is 1.92. The Balaban J connectivity index is 1.59. The summed E-state index contributed by atoms with van der Waals surface area (Å²) in [6.07, 6.45) is 1.48. The van der Waals surface area contributed by atoms with Gasteiger partial charge in [-0.3, -0.25) is 19.8 Å². The minimum absolute atomic E-state index is 0.0140. The third-order valence-electron chi connectivity index (χ3n) is 5.07. The Morgan fingerprint density at radius 3 is 2.57 bits per heavy atom. The van der Waals surface area contributed by atoms with Crippen molar-refractivity contribution in [3.05, 3.63) is 91.3 Å². The molecule has 10 heteroatoms. The van der Waals surface area contributed by atoms with Crippen LogP contribution >= 0.6 is 55.7 Å². The fourth-order valence-electron chi connectivity index (χ4n) is 3.36. The van der Waals surface area contributed by atoms with Crippen molar-refractivity contribution < 1.29 is 19.1 Å². The Kier molecular flexibility index (Phi) is 7.91. The summed E-state index contributed by atoms with van der Waals surface area (Å²) in [7, 11) is 1.52. The first-order valence-corrected chi connectivity index (χ1v) is 12.6. The molecule has 1 heterocycles. The molecule has 178 valence electrons. The molecule has 0 spiro atoms. The molecule has 1 aliphatic heterocycles. The molecular weight excluding hydrogens is 620 g/mol. The van der Waals surface area contributed by atoms with E-state index in [1.165, 1.54) is 18.1 Å². The van der Waals surface area contributed by atoms with Gasteiger partial charge in [0.2, 0.25) is 0 Å². The highest BCUT2D eigenvalue weighted by Crippen LogP contribution is 2.32. The van der Waals surface area contributed by atoms with E-state index >= 15 is 0 Å². The predicted molar refractivity (Wildman–Crippen MR) is 147 cm³/mol. The van der Waals surface area contributed by atoms with Gasteiger partial charge in [0, 0.05) is 19.5 Å². The van der Waals surface area contributed by atoms with Crippen molar-refractivity contribution in [2.24, 2.45) is 0 Å². The van der Waals surface area contributed by atoms with Crippen molar-refractivity contribution in [1.82, 2.24) is 5.32 Å². The first-order valence-electron chi connectivity index (χ1n) is 10.2. The van der Waals surface area contributed by atoms with Crippen LogP contribution < -0.4 is 19.7 Å². The molecule has 0 saturated carbocycles. The average molecular weight is 637 g/mol. The largest absolute Gasteiger partial charge is 0.493 e. The highest BCUT2D eigenvalue weighted by atomic mass is 79.9. The van der Waals surface area contributed by atoms with Gasteiger partial charge in [-0.2, -0.15) is 0 Å². The van der Waals surface area contributed by atoms with Gasteiger partial charge in [0.25, 0.3) is 11.8 Å². The quantitative estimate of drug-likeness (QED) is 0.196. The molecule has 1 N–H and O–H groups in total. The van der Waals surface area contributed by atoms with E-state index in [9.17, 15) is 9.59 Å². The number of anilines is 1. The van der Waals surface area contributed by atoms with Crippen LogP contribution in [0.1, 0.15) is 11.1 Å². The highest BCUT2D eigenvalue weighted by Gasteiger charge is 2.34. The number of amides is 2. The van der Waals surface area contributed by atoms with Crippen molar-refractivity contribution >= 4 is 84.4 Å². The summed E-state index contributed by atoms with van der Waals surface area (Å²) in [5, 5.41) is 2.98. The third-order valence-corrected chi connectivity index (χ3v) is 6.82. The van der Waals surface area contributed by atoms with Crippen LogP contribution in [-0.4, -0.2) is 24.0 Å². The zero-order valence-corrected chi connectivity index (χ0v) is 22.9. The summed E-state index contributed by atoms with van der Waals surface area (Å²) in [6, 6.07) is 17.6. The summed E-state index contributed by atoms with van der Waals surface area (Å²) in [5.74, 6) is -0.165. The van der Waals surface area contributed by atoms with E-state index in [0.717, 1.165) is 14.5 Å². The second-order valence-corrected chi connectivity index (χ2v) is 9.97. The van der Waals surface area contributed by atoms with E-state index in [1.807, 2.05) is 18.2 Å². The number of carbonyl (C=O) groups excluding carboxylic acids is 2. The van der Waals surface area contributed by atoms with Gasteiger partial charge in [-0.05, 0) is 66.3 Å². The Morgan fingerprint density at radius 1 is 1.06 bits per heavy atom. The molecule has 0 unspecified atom stereocenters. The highest BCUT2D eigenvalue weighted by molar-refractivity contribution is 9.11. The number of thiocarbonyl (C=S) groups is 1. The van der Waals surface area contributed by atoms with Gasteiger partial charge >= 0.3 is 0 Å². The van der Waals surface area contributed by atoms with Crippen molar-refractivity contribution in [3.8, 4) is 11.5 Å². The fraction of sp³-hybridized carbons (Fsp3) is 0.0800. The number of hydrogen-bond donors (Lipinski definition) is 1. The molecule has 3 aromatic rings. The summed E-state index contributed by atoms with van der Waals surface area (Å²) < 4.78 is 13.3. The van der Waals surface area contributed by atoms with Crippen molar-refractivity contribution in [3.63, 3.8) is 0 Å². The molecule has 1 aliphatic rings. The standard InChI is InChI=1S/C25H17Br2ClN2O4S/c1-33-22-10-14(5-8-21(22)34-13-15-6-7-16(26)11-20(15)27)9-19-23(31)29-25(35)30(24(19)32)18-4-2-3-17(28)12-18/h2-12H,13H2,1H3,(H,29,31,35)/b19-9+. The number of rotatable bonds is 6. The predicted octanol–water partition coefficient (Wildman–Crippen LogP) is 6.28. The minimum atomic E-state index is -0.585. The lowest BCUT2D eigenvalue weighted by Crippen LogP contribution is -2.54. The third kappa shape index (κ3) is 5.75. The monoisotopic (exact) mass is 634 g/mol. The zero-order chi connectivity index (χ0) is 25.1. The zero-order valence-electron chi connectivity index (χ0n) is 18.2. The van der Waals surface area contributed by atoms with E-state index in [1.54, 1.807) is 42.5 Å². The molecular formula is C25H17Br2ClN2O4S. The lowest BCUT2D eigenvalue weighted by molar-refractivity contribution is -0.122. The molecule has 2 amide bonds. The topological polar surface area (TPSA) is 67.9 Å². The number of methoxy groups -OCH3 is 1. The maximum Gasteiger partial charge on any atom is 0.270 e. The van der Waals surface area contributed by atoms with Crippen molar-refractivity contribution in [2.75, 3.05) is 12.0 Å². The smallest absolute Gasteiger partial charge is 0.270 e. The van der Waals surface area contributed by atoms with Gasteiger partial charge in [0.1, 0.15) is 12.2 Å². The molecule has 0 bridgehead atoms. The van der Waals surface area contributed by atoms with Crippen LogP contribution in [0.15, 0.2) is 75.2 Å². The van der Waals surface area contributed by atoms with Crippen LogP contribution in [-0.2, 0) is 16.2 Å². The molecule has 0 radical (unpaired) electrons. The van der Waals surface area contributed by atoms with Crippen LogP contribution in [0.5, 0.6) is 11.5 Å². The number of halogens is 3. The number of nitrogens with zero attached hydrogens (tertiary/aromatic N) is 1. The van der Waals surface area contributed by atoms with E-state index in [0.29, 0.717) is 34.4 Å². The van der Waals surface area contributed by atoms with Crippen molar-refractivity contribution in [1.29, 1.82) is 0 Å². The average Bonchev–Trinajstić information content (AvgIpc) is 2.81. The van der Waals surface area contributed by atoms with Gasteiger partial charge in [-0.25, -0.2) is 0 Å². The molecule has 1 saturated heterocycles. The Labute approximate surface area is 229 Å². The van der Waals surface area contributed by atoms with Crippen LogP contribution in [0.2, 0.25) is 5.02 Å². The van der Waals surface area contributed by atoms with E-state index in [2.05, 4.69) is 37.2 Å². The second-order valence-electron chi connectivity index (χ2n) is 7.37. The van der Waals surface area contributed by atoms with E-state index in [-0.39, 0.29) is 10.7 Å². The minimum Gasteiger partial charge on any atom is -0.493 e. The van der Waals surface area contributed by atoms with Gasteiger partial charge < -0.3 is 9.47 Å². The maximum absolute atomic E-state index is 13.2. The summed E-state index contributed by atoms with van der Waals surface area (Å²) >= 11 is 18.3. The maximum atomic E-state index is 13.2. The molecule has 6 nitrogen and oxygen atoms in total. The normalized spacial score (nSPS) is 14.8. The Morgan fingerprint density at radius 2 is 1.86 bits per heavy atom. The van der Waals surface area contributed by atoms with E-state index in [4.69, 9.17) is 33.3 Å². The summed E-state index contributed by atoms with van der Waals surface area (Å²) in [6.45, 7) is 0.317. The molecule has 4 rings (SSSR count). The first-order chi connectivity index (χ1) is 16.8. The Hall–Kier alpha value is -2.72. The molecule has 0 aliphatic carbocycles.